The van der Waals surface area contributed by atoms with Crippen molar-refractivity contribution in [3.05, 3.63) is 54.5 Å². The summed E-state index contributed by atoms with van der Waals surface area (Å²) in [5, 5.41) is 4.68. The van der Waals surface area contributed by atoms with Crippen molar-refractivity contribution in [3.63, 3.8) is 0 Å². The maximum absolute atomic E-state index is 5.32. The molecule has 5 nitrogen and oxygen atoms in total. The molecule has 0 radical (unpaired) electrons. The summed E-state index contributed by atoms with van der Waals surface area (Å²) >= 11 is 0. The molecule has 1 aromatic carbocycles. The number of nitrogens with zero attached hydrogens (tertiary/aromatic N) is 3. The van der Waals surface area contributed by atoms with Gasteiger partial charge >= 0.3 is 0 Å². The maximum atomic E-state index is 5.32. The minimum Gasteiger partial charge on any atom is -0.497 e. The van der Waals surface area contributed by atoms with Crippen molar-refractivity contribution in [2.45, 2.75) is 6.92 Å². The molecule has 2 heterocycles. The second-order valence-electron chi connectivity index (χ2n) is 4.89. The molecule has 0 spiro atoms. The summed E-state index contributed by atoms with van der Waals surface area (Å²) in [6, 6.07) is 11.6. The predicted molar refractivity (Wildman–Crippen MR) is 84.6 cm³/mol. The van der Waals surface area contributed by atoms with Crippen LogP contribution in [0.15, 0.2) is 48.8 Å². The molecular formula is C17H17N3O2. The van der Waals surface area contributed by atoms with Crippen LogP contribution in [-0.4, -0.2) is 29.0 Å². The molecule has 0 saturated carbocycles. The molecule has 0 amide bonds. The van der Waals surface area contributed by atoms with Gasteiger partial charge in [0.05, 0.1) is 25.6 Å². The maximum Gasteiger partial charge on any atom is 0.123 e. The Kier molecular flexibility index (Phi) is 3.78. The first-order valence-electron chi connectivity index (χ1n) is 6.92. The molecule has 0 aliphatic heterocycles. The predicted octanol–water partition coefficient (Wildman–Crippen LogP) is 3.26. The third-order valence-corrected chi connectivity index (χ3v) is 3.44. The largest absolute Gasteiger partial charge is 0.497 e. The summed E-state index contributed by atoms with van der Waals surface area (Å²) in [4.78, 5) is 4.04. The second-order valence-corrected chi connectivity index (χ2v) is 4.89. The first-order chi connectivity index (χ1) is 10.7. The van der Waals surface area contributed by atoms with E-state index >= 15 is 0 Å². The van der Waals surface area contributed by atoms with Crippen LogP contribution < -0.4 is 9.47 Å². The Balaban J connectivity index is 2.07. The van der Waals surface area contributed by atoms with Crippen LogP contribution in [0, 0.1) is 6.92 Å². The van der Waals surface area contributed by atoms with E-state index in [1.54, 1.807) is 26.6 Å². The van der Waals surface area contributed by atoms with Crippen LogP contribution >= 0.6 is 0 Å². The van der Waals surface area contributed by atoms with E-state index in [1.165, 1.54) is 0 Å². The zero-order valence-corrected chi connectivity index (χ0v) is 12.8. The van der Waals surface area contributed by atoms with Crippen LogP contribution in [-0.2, 0) is 0 Å². The molecule has 0 atom stereocenters. The fraction of sp³-hybridized carbons (Fsp3) is 0.176. The van der Waals surface area contributed by atoms with Crippen molar-refractivity contribution in [1.29, 1.82) is 0 Å². The van der Waals surface area contributed by atoms with Crippen LogP contribution in [0.1, 0.15) is 5.69 Å². The number of aromatic nitrogens is 3. The summed E-state index contributed by atoms with van der Waals surface area (Å²) in [6.07, 6.45) is 3.51. The number of pyridine rings is 1. The quantitative estimate of drug-likeness (QED) is 0.741. The van der Waals surface area contributed by atoms with Crippen LogP contribution in [0.5, 0.6) is 11.5 Å². The average Bonchev–Trinajstić information content (AvgIpc) is 2.97. The lowest BCUT2D eigenvalue weighted by Gasteiger charge is -2.07. The van der Waals surface area contributed by atoms with Gasteiger partial charge in [0.25, 0.3) is 0 Å². The number of rotatable bonds is 4. The van der Waals surface area contributed by atoms with Gasteiger partial charge in [0.1, 0.15) is 11.5 Å². The van der Waals surface area contributed by atoms with Crippen molar-refractivity contribution >= 4 is 0 Å². The summed E-state index contributed by atoms with van der Waals surface area (Å²) in [5.74, 6) is 1.48. The lowest BCUT2D eigenvalue weighted by molar-refractivity contribution is 0.394. The number of hydrogen-bond donors (Lipinski definition) is 0. The van der Waals surface area contributed by atoms with Gasteiger partial charge in [-0.2, -0.15) is 5.10 Å². The van der Waals surface area contributed by atoms with Gasteiger partial charge in [-0.1, -0.05) is 0 Å². The average molecular weight is 295 g/mol. The van der Waals surface area contributed by atoms with E-state index in [9.17, 15) is 0 Å². The molecule has 3 aromatic rings. The highest BCUT2D eigenvalue weighted by molar-refractivity contribution is 5.64. The molecule has 0 aliphatic carbocycles. The highest BCUT2D eigenvalue weighted by atomic mass is 16.5. The standard InChI is InChI=1S/C17H17N3O2/c1-12-8-17(19-20(12)14-4-6-18-7-5-14)13-9-15(21-2)11-16(10-13)22-3/h4-11H,1-3H3. The molecule has 0 aliphatic rings. The first kappa shape index (κ1) is 14.1. The Labute approximate surface area is 129 Å². The molecular weight excluding hydrogens is 278 g/mol. The first-order valence-corrected chi connectivity index (χ1v) is 6.92. The van der Waals surface area contributed by atoms with Gasteiger partial charge < -0.3 is 9.47 Å². The Hall–Kier alpha value is -2.82. The van der Waals surface area contributed by atoms with Crippen molar-refractivity contribution < 1.29 is 9.47 Å². The summed E-state index contributed by atoms with van der Waals surface area (Å²) < 4.78 is 12.5. The van der Waals surface area contributed by atoms with E-state index < -0.39 is 0 Å². The molecule has 0 fully saturated rings. The fourth-order valence-electron chi connectivity index (χ4n) is 2.32. The Morgan fingerprint density at radius 2 is 1.55 bits per heavy atom. The molecule has 2 aromatic heterocycles. The van der Waals surface area contributed by atoms with Crippen LogP contribution in [0.25, 0.3) is 16.9 Å². The SMILES string of the molecule is COc1cc(OC)cc(-c2cc(C)n(-c3ccncc3)n2)c1. The zero-order chi connectivity index (χ0) is 15.5. The molecule has 0 unspecified atom stereocenters. The molecule has 112 valence electrons. The van der Waals surface area contributed by atoms with Gasteiger partial charge in [0, 0.05) is 29.7 Å². The van der Waals surface area contributed by atoms with Gasteiger partial charge in [0.2, 0.25) is 0 Å². The van der Waals surface area contributed by atoms with Crippen molar-refractivity contribution in [2.24, 2.45) is 0 Å². The zero-order valence-electron chi connectivity index (χ0n) is 12.8. The number of methoxy groups -OCH3 is 2. The van der Waals surface area contributed by atoms with E-state index in [0.29, 0.717) is 0 Å². The number of aryl methyl sites for hydroxylation is 1. The van der Waals surface area contributed by atoms with Crippen molar-refractivity contribution in [2.75, 3.05) is 14.2 Å². The van der Waals surface area contributed by atoms with Gasteiger partial charge in [0.15, 0.2) is 0 Å². The third-order valence-electron chi connectivity index (χ3n) is 3.44. The molecule has 3 rings (SSSR count). The van der Waals surface area contributed by atoms with Crippen LogP contribution in [0.4, 0.5) is 0 Å². The van der Waals surface area contributed by atoms with Crippen LogP contribution in [0.2, 0.25) is 0 Å². The third kappa shape index (κ3) is 2.65. The Bertz CT molecular complexity index is 760. The molecule has 5 heteroatoms. The normalized spacial score (nSPS) is 10.5. The lowest BCUT2D eigenvalue weighted by Crippen LogP contribution is -1.98. The van der Waals surface area contributed by atoms with Crippen LogP contribution in [0.3, 0.4) is 0 Å². The lowest BCUT2D eigenvalue weighted by atomic mass is 10.1. The molecule has 0 saturated heterocycles. The second kappa shape index (κ2) is 5.89. The Morgan fingerprint density at radius 1 is 0.909 bits per heavy atom. The van der Waals surface area contributed by atoms with E-state index in [4.69, 9.17) is 9.47 Å². The summed E-state index contributed by atoms with van der Waals surface area (Å²) in [6.45, 7) is 2.02. The molecule has 0 bridgehead atoms. The minimum atomic E-state index is 0.741. The topological polar surface area (TPSA) is 49.2 Å². The number of benzene rings is 1. The van der Waals surface area contributed by atoms with E-state index in [1.807, 2.05) is 48.0 Å². The molecule has 22 heavy (non-hydrogen) atoms. The molecule has 0 N–H and O–H groups in total. The number of ether oxygens (including phenoxy) is 2. The van der Waals surface area contributed by atoms with Gasteiger partial charge in [-0.3, -0.25) is 4.98 Å². The van der Waals surface area contributed by atoms with Gasteiger partial charge in [-0.15, -0.1) is 0 Å². The van der Waals surface area contributed by atoms with E-state index in [2.05, 4.69) is 10.1 Å². The monoisotopic (exact) mass is 295 g/mol. The van der Waals surface area contributed by atoms with Gasteiger partial charge in [-0.25, -0.2) is 4.68 Å². The van der Waals surface area contributed by atoms with E-state index in [0.717, 1.165) is 34.1 Å². The highest BCUT2D eigenvalue weighted by Crippen LogP contribution is 2.29. The van der Waals surface area contributed by atoms with Crippen molar-refractivity contribution in [3.8, 4) is 28.4 Å². The minimum absolute atomic E-state index is 0.741. The smallest absolute Gasteiger partial charge is 0.123 e. The van der Waals surface area contributed by atoms with E-state index in [-0.39, 0.29) is 0 Å². The summed E-state index contributed by atoms with van der Waals surface area (Å²) in [5.41, 5.74) is 3.84. The van der Waals surface area contributed by atoms with Gasteiger partial charge in [-0.05, 0) is 37.3 Å². The fourth-order valence-corrected chi connectivity index (χ4v) is 2.32. The van der Waals surface area contributed by atoms with Crippen molar-refractivity contribution in [1.82, 2.24) is 14.8 Å². The number of hydrogen-bond acceptors (Lipinski definition) is 4. The highest BCUT2D eigenvalue weighted by Gasteiger charge is 2.10. The summed E-state index contributed by atoms with van der Waals surface area (Å²) in [7, 11) is 3.28. The Morgan fingerprint density at radius 3 is 2.14 bits per heavy atom.